The fourth-order valence-electron chi connectivity index (χ4n) is 2.97. The van der Waals surface area contributed by atoms with Crippen LogP contribution in [0.15, 0.2) is 35.1 Å². The number of aromatic nitrogens is 1. The molecular weight excluding hydrogens is 266 g/mol. The summed E-state index contributed by atoms with van der Waals surface area (Å²) in [6.45, 7) is 0.858. The Kier molecular flexibility index (Phi) is 3.75. The molecule has 0 aliphatic carbocycles. The largest absolute Gasteiger partial charge is 0.354 e. The quantitative estimate of drug-likeness (QED) is 0.873. The van der Waals surface area contributed by atoms with Gasteiger partial charge in [0.2, 0.25) is 5.91 Å². The van der Waals surface area contributed by atoms with E-state index in [1.165, 1.54) is 0 Å². The van der Waals surface area contributed by atoms with Crippen LogP contribution in [0.3, 0.4) is 0 Å². The van der Waals surface area contributed by atoms with E-state index < -0.39 is 6.04 Å². The minimum Gasteiger partial charge on any atom is -0.354 e. The number of nitrogens with one attached hydrogen (secondary N) is 1. The maximum atomic E-state index is 12.7. The molecule has 0 spiro atoms. The van der Waals surface area contributed by atoms with Crippen molar-refractivity contribution in [3.63, 3.8) is 0 Å². The first-order valence-corrected chi connectivity index (χ1v) is 7.33. The normalized spacial score (nSPS) is 19.3. The Morgan fingerprint density at radius 1 is 1.24 bits per heavy atom. The predicted molar refractivity (Wildman–Crippen MR) is 82.0 cm³/mol. The summed E-state index contributed by atoms with van der Waals surface area (Å²) in [5.74, 6) is -0.0751. The molecule has 3 rings (SSSR count). The van der Waals surface area contributed by atoms with Gasteiger partial charge in [0.15, 0.2) is 0 Å². The first-order chi connectivity index (χ1) is 10.2. The molecular formula is C16H19N3O2. The number of nitrogens with two attached hydrogens (primary N) is 1. The molecule has 3 N–H and O–H groups in total. The van der Waals surface area contributed by atoms with E-state index in [1.807, 2.05) is 30.3 Å². The summed E-state index contributed by atoms with van der Waals surface area (Å²) < 4.78 is 1.62. The maximum absolute atomic E-state index is 12.7. The van der Waals surface area contributed by atoms with Crippen molar-refractivity contribution >= 4 is 16.8 Å². The first-order valence-electron chi connectivity index (χ1n) is 7.33. The number of pyridine rings is 1. The fourth-order valence-corrected chi connectivity index (χ4v) is 2.97. The van der Waals surface area contributed by atoms with Crippen molar-refractivity contribution in [2.24, 2.45) is 5.73 Å². The van der Waals surface area contributed by atoms with Gasteiger partial charge in [0.1, 0.15) is 6.04 Å². The van der Waals surface area contributed by atoms with E-state index in [9.17, 15) is 9.59 Å². The molecule has 2 heterocycles. The van der Waals surface area contributed by atoms with Gasteiger partial charge in [-0.15, -0.1) is 0 Å². The second kappa shape index (κ2) is 5.69. The Labute approximate surface area is 122 Å². The van der Waals surface area contributed by atoms with Crippen LogP contribution >= 0.6 is 0 Å². The summed E-state index contributed by atoms with van der Waals surface area (Å²) in [6.07, 6.45) is 2.56. The topological polar surface area (TPSA) is 77.1 Å². The van der Waals surface area contributed by atoms with Crippen molar-refractivity contribution in [2.75, 3.05) is 6.54 Å². The Bertz CT molecular complexity index is 736. The molecule has 0 saturated carbocycles. The molecule has 1 unspecified atom stereocenters. The zero-order valence-corrected chi connectivity index (χ0v) is 11.8. The Hall–Kier alpha value is -2.14. The second-order valence-electron chi connectivity index (χ2n) is 5.41. The molecule has 1 saturated heterocycles. The number of carbonyl (C=O) groups is 1. The summed E-state index contributed by atoms with van der Waals surface area (Å²) in [7, 11) is 0. The molecule has 1 atom stereocenters. The van der Waals surface area contributed by atoms with Crippen LogP contribution in [0.5, 0.6) is 0 Å². The lowest BCUT2D eigenvalue weighted by atomic mass is 10.1. The molecule has 0 radical (unpaired) electrons. The van der Waals surface area contributed by atoms with Gasteiger partial charge in [-0.1, -0.05) is 18.2 Å². The van der Waals surface area contributed by atoms with E-state index in [-0.39, 0.29) is 18.0 Å². The monoisotopic (exact) mass is 285 g/mol. The highest BCUT2D eigenvalue weighted by molar-refractivity contribution is 5.85. The van der Waals surface area contributed by atoms with Crippen molar-refractivity contribution in [3.05, 3.63) is 46.2 Å². The maximum Gasteiger partial charge on any atom is 0.256 e. The summed E-state index contributed by atoms with van der Waals surface area (Å²) in [5, 5.41) is 3.83. The third kappa shape index (κ3) is 2.45. The van der Waals surface area contributed by atoms with Crippen LogP contribution in [0.25, 0.3) is 10.9 Å². The summed E-state index contributed by atoms with van der Waals surface area (Å²) in [6, 6.07) is 9.01. The summed E-state index contributed by atoms with van der Waals surface area (Å²) in [4.78, 5) is 25.0. The van der Waals surface area contributed by atoms with E-state index >= 15 is 0 Å². The number of hydrogen-bond donors (Lipinski definition) is 2. The van der Waals surface area contributed by atoms with Gasteiger partial charge in [-0.25, -0.2) is 0 Å². The number of amides is 1. The third-order valence-corrected chi connectivity index (χ3v) is 4.06. The molecule has 110 valence electrons. The molecule has 1 aliphatic heterocycles. The van der Waals surface area contributed by atoms with Crippen LogP contribution in [0.4, 0.5) is 0 Å². The smallest absolute Gasteiger partial charge is 0.256 e. The van der Waals surface area contributed by atoms with E-state index in [0.717, 1.165) is 23.7 Å². The first kappa shape index (κ1) is 13.8. The zero-order chi connectivity index (χ0) is 14.8. The van der Waals surface area contributed by atoms with Crippen molar-refractivity contribution in [2.45, 2.75) is 31.8 Å². The number of carbonyl (C=O) groups excluding carboxylic acids is 1. The van der Waals surface area contributed by atoms with Crippen molar-refractivity contribution in [1.29, 1.82) is 0 Å². The average molecular weight is 285 g/mol. The Morgan fingerprint density at radius 2 is 2.05 bits per heavy atom. The van der Waals surface area contributed by atoms with Crippen LogP contribution in [0, 0.1) is 0 Å². The number of nitrogens with zero attached hydrogens (tertiary/aromatic N) is 1. The number of rotatable bonds is 2. The molecule has 5 heteroatoms. The second-order valence-corrected chi connectivity index (χ2v) is 5.41. The van der Waals surface area contributed by atoms with Crippen LogP contribution in [0.2, 0.25) is 0 Å². The van der Waals surface area contributed by atoms with Gasteiger partial charge in [-0.2, -0.15) is 0 Å². The number of para-hydroxylation sites is 1. The molecule has 1 aromatic carbocycles. The third-order valence-electron chi connectivity index (χ3n) is 4.06. The van der Waals surface area contributed by atoms with Crippen LogP contribution in [-0.4, -0.2) is 17.0 Å². The van der Waals surface area contributed by atoms with Crippen molar-refractivity contribution in [1.82, 2.24) is 9.88 Å². The van der Waals surface area contributed by atoms with E-state index in [2.05, 4.69) is 5.32 Å². The Balaban J connectivity index is 2.26. The van der Waals surface area contributed by atoms with Gasteiger partial charge in [0, 0.05) is 18.7 Å². The van der Waals surface area contributed by atoms with Gasteiger partial charge in [0.25, 0.3) is 5.56 Å². The number of hydrogen-bond acceptors (Lipinski definition) is 3. The minimum absolute atomic E-state index is 0.0751. The molecule has 1 amide bonds. The highest BCUT2D eigenvalue weighted by atomic mass is 16.2. The van der Waals surface area contributed by atoms with Crippen LogP contribution in [-0.2, 0) is 11.3 Å². The minimum atomic E-state index is -0.448. The predicted octanol–water partition coefficient (Wildman–Crippen LogP) is 1.30. The lowest BCUT2D eigenvalue weighted by Crippen LogP contribution is -2.37. The average Bonchev–Trinajstić information content (AvgIpc) is 2.71. The van der Waals surface area contributed by atoms with Gasteiger partial charge >= 0.3 is 0 Å². The SMILES string of the molecule is NCc1cc2ccccc2n(C2CCCCNC2=O)c1=O. The highest BCUT2D eigenvalue weighted by Crippen LogP contribution is 2.22. The van der Waals surface area contributed by atoms with Crippen LogP contribution in [0.1, 0.15) is 30.9 Å². The molecule has 1 fully saturated rings. The summed E-state index contributed by atoms with van der Waals surface area (Å²) in [5.41, 5.74) is 6.88. The highest BCUT2D eigenvalue weighted by Gasteiger charge is 2.25. The Morgan fingerprint density at radius 3 is 2.86 bits per heavy atom. The van der Waals surface area contributed by atoms with Crippen molar-refractivity contribution in [3.8, 4) is 0 Å². The van der Waals surface area contributed by atoms with Gasteiger partial charge < -0.3 is 11.1 Å². The summed E-state index contributed by atoms with van der Waals surface area (Å²) >= 11 is 0. The molecule has 2 aromatic rings. The standard InChI is InChI=1S/C16H19N3O2/c17-10-12-9-11-5-1-2-6-13(11)19(16(12)21)14-7-3-4-8-18-15(14)20/h1-2,5-6,9,14H,3-4,7-8,10,17H2,(H,18,20). The lowest BCUT2D eigenvalue weighted by Gasteiger charge is -2.20. The molecule has 1 aliphatic rings. The molecule has 5 nitrogen and oxygen atoms in total. The molecule has 0 bridgehead atoms. The van der Waals surface area contributed by atoms with E-state index in [0.29, 0.717) is 18.5 Å². The van der Waals surface area contributed by atoms with E-state index in [1.54, 1.807) is 4.57 Å². The van der Waals surface area contributed by atoms with Gasteiger partial charge in [-0.05, 0) is 36.8 Å². The van der Waals surface area contributed by atoms with Gasteiger partial charge in [0.05, 0.1) is 5.52 Å². The van der Waals surface area contributed by atoms with Crippen LogP contribution < -0.4 is 16.6 Å². The molecule has 21 heavy (non-hydrogen) atoms. The van der Waals surface area contributed by atoms with Gasteiger partial charge in [-0.3, -0.25) is 14.2 Å². The molecule has 1 aromatic heterocycles. The van der Waals surface area contributed by atoms with Crippen molar-refractivity contribution < 1.29 is 4.79 Å². The van der Waals surface area contributed by atoms with E-state index in [4.69, 9.17) is 5.73 Å². The zero-order valence-electron chi connectivity index (χ0n) is 11.8. The number of benzene rings is 1. The lowest BCUT2D eigenvalue weighted by molar-refractivity contribution is -0.124. The number of fused-ring (bicyclic) bond motifs is 1. The fraction of sp³-hybridized carbons (Fsp3) is 0.375.